The van der Waals surface area contributed by atoms with Crippen molar-refractivity contribution in [2.75, 3.05) is 25.6 Å². The molecule has 31 heavy (non-hydrogen) atoms. The molecule has 1 aromatic heterocycles. The Hall–Kier alpha value is -3.77. The number of nitrogens with one attached hydrogen (secondary N) is 1. The molecule has 6 nitrogen and oxygen atoms in total. The maximum Gasteiger partial charge on any atom is 0.228 e. The second-order valence-electron chi connectivity index (χ2n) is 7.08. The monoisotopic (exact) mass is 416 g/mol. The van der Waals surface area contributed by atoms with Crippen LogP contribution >= 0.6 is 0 Å². The number of carbonyl (C=O) groups is 1. The van der Waals surface area contributed by atoms with E-state index >= 15 is 0 Å². The molecule has 158 valence electrons. The molecule has 6 heteroatoms. The lowest BCUT2D eigenvalue weighted by Crippen LogP contribution is -2.14. The van der Waals surface area contributed by atoms with E-state index in [-0.39, 0.29) is 12.3 Å². The lowest BCUT2D eigenvalue weighted by molar-refractivity contribution is -0.115. The van der Waals surface area contributed by atoms with Crippen LogP contribution in [0.5, 0.6) is 11.5 Å². The van der Waals surface area contributed by atoms with Crippen LogP contribution < -0.4 is 20.5 Å². The Morgan fingerprint density at radius 3 is 2.68 bits per heavy atom. The highest BCUT2D eigenvalue weighted by molar-refractivity contribution is 5.93. The molecule has 0 radical (unpaired) electrons. The summed E-state index contributed by atoms with van der Waals surface area (Å²) in [6.45, 7) is 0.818. The predicted molar refractivity (Wildman–Crippen MR) is 122 cm³/mol. The number of hydrogen-bond donors (Lipinski definition) is 2. The third-order valence-corrected chi connectivity index (χ3v) is 4.82. The maximum atomic E-state index is 12.6. The van der Waals surface area contributed by atoms with E-state index in [0.717, 1.165) is 27.9 Å². The third-order valence-electron chi connectivity index (χ3n) is 4.82. The topological polar surface area (TPSA) is 86.7 Å². The molecule has 3 N–H and O–H groups in total. The fraction of sp³-hybridized carbons (Fsp3) is 0.160. The molecule has 0 atom stereocenters. The molecule has 1 heterocycles. The normalized spacial score (nSPS) is 10.8. The Balaban J connectivity index is 1.46. The van der Waals surface area contributed by atoms with Crippen molar-refractivity contribution in [3.8, 4) is 22.8 Å². The summed E-state index contributed by atoms with van der Waals surface area (Å²) >= 11 is 0. The van der Waals surface area contributed by atoms with Gasteiger partial charge in [0.2, 0.25) is 5.91 Å². The number of amides is 1. The zero-order valence-electron chi connectivity index (χ0n) is 17.3. The fourth-order valence-corrected chi connectivity index (χ4v) is 3.38. The number of para-hydroxylation sites is 1. The second-order valence-corrected chi connectivity index (χ2v) is 7.08. The number of fused-ring (bicyclic) bond motifs is 1. The summed E-state index contributed by atoms with van der Waals surface area (Å²) in [5.74, 6) is 1.82. The van der Waals surface area contributed by atoms with Crippen LogP contribution in [0.25, 0.3) is 22.3 Å². The number of anilines is 1. The van der Waals surface area contributed by atoms with E-state index in [2.05, 4.69) is 5.32 Å². The van der Waals surface area contributed by atoms with Crippen LogP contribution in [-0.2, 0) is 11.2 Å². The minimum atomic E-state index is -0.126. The van der Waals surface area contributed by atoms with Crippen LogP contribution in [0.2, 0.25) is 0 Å². The van der Waals surface area contributed by atoms with Crippen LogP contribution in [0.4, 0.5) is 5.69 Å². The van der Waals surface area contributed by atoms with Gasteiger partial charge in [-0.3, -0.25) is 4.79 Å². The zero-order valence-corrected chi connectivity index (χ0v) is 17.3. The van der Waals surface area contributed by atoms with Gasteiger partial charge >= 0.3 is 0 Å². The van der Waals surface area contributed by atoms with Crippen LogP contribution in [-0.4, -0.2) is 26.2 Å². The van der Waals surface area contributed by atoms with Gasteiger partial charge in [-0.2, -0.15) is 0 Å². The first-order chi connectivity index (χ1) is 15.2. The number of nitrogens with two attached hydrogens (primary N) is 1. The number of hydrogen-bond acceptors (Lipinski definition) is 5. The average Bonchev–Trinajstić information content (AvgIpc) is 3.22. The highest BCUT2D eigenvalue weighted by Gasteiger charge is 2.11. The third kappa shape index (κ3) is 4.87. The molecule has 4 rings (SSSR count). The van der Waals surface area contributed by atoms with Crippen LogP contribution in [0.3, 0.4) is 0 Å². The van der Waals surface area contributed by atoms with Crippen LogP contribution in [0.15, 0.2) is 77.2 Å². The molecule has 0 unspecified atom stereocenters. The predicted octanol–water partition coefficient (Wildman–Crippen LogP) is 4.63. The van der Waals surface area contributed by atoms with Gasteiger partial charge < -0.3 is 24.9 Å². The molecule has 4 aromatic rings. The number of benzene rings is 3. The molecular weight excluding hydrogens is 392 g/mol. The Morgan fingerprint density at radius 1 is 1.00 bits per heavy atom. The van der Waals surface area contributed by atoms with E-state index in [0.29, 0.717) is 30.3 Å². The van der Waals surface area contributed by atoms with Gasteiger partial charge in [-0.05, 0) is 42.0 Å². The van der Waals surface area contributed by atoms with Crippen molar-refractivity contribution in [1.29, 1.82) is 0 Å². The molecule has 0 aliphatic rings. The van der Waals surface area contributed by atoms with Gasteiger partial charge in [0.05, 0.1) is 13.5 Å². The maximum absolute atomic E-state index is 12.6. The van der Waals surface area contributed by atoms with Crippen molar-refractivity contribution < 1.29 is 18.7 Å². The van der Waals surface area contributed by atoms with Gasteiger partial charge in [-0.25, -0.2) is 0 Å². The van der Waals surface area contributed by atoms with Gasteiger partial charge in [0.15, 0.2) is 11.5 Å². The first-order valence-corrected chi connectivity index (χ1v) is 10.0. The standard InChI is InChI=1S/C25H24N2O4/c1-29-24-13-17(9-10-22(24)30-12-11-26)14-25(28)27-20-7-4-6-18(15-20)23-16-19-5-2-3-8-21(19)31-23/h2-10,13,15-16H,11-12,14,26H2,1H3,(H,27,28). The summed E-state index contributed by atoms with van der Waals surface area (Å²) in [6, 6.07) is 22.9. The molecule has 0 bridgehead atoms. The van der Waals surface area contributed by atoms with Gasteiger partial charge in [0.25, 0.3) is 0 Å². The van der Waals surface area contributed by atoms with Gasteiger partial charge in [0, 0.05) is 23.2 Å². The number of ether oxygens (including phenoxy) is 2. The SMILES string of the molecule is COc1cc(CC(=O)Nc2cccc(-c3cc4ccccc4o3)c2)ccc1OCCN. The van der Waals surface area contributed by atoms with E-state index in [1.54, 1.807) is 19.2 Å². The van der Waals surface area contributed by atoms with Gasteiger partial charge in [-0.1, -0.05) is 36.4 Å². The summed E-state index contributed by atoms with van der Waals surface area (Å²) in [4.78, 5) is 12.6. The number of rotatable bonds is 8. The molecule has 0 saturated carbocycles. The molecule has 0 aliphatic heterocycles. The summed E-state index contributed by atoms with van der Waals surface area (Å²) in [7, 11) is 1.57. The Morgan fingerprint density at radius 2 is 1.87 bits per heavy atom. The minimum absolute atomic E-state index is 0.126. The van der Waals surface area contributed by atoms with E-state index in [9.17, 15) is 4.79 Å². The smallest absolute Gasteiger partial charge is 0.228 e. The van der Waals surface area contributed by atoms with Crippen molar-refractivity contribution in [2.24, 2.45) is 5.73 Å². The summed E-state index contributed by atoms with van der Waals surface area (Å²) < 4.78 is 16.8. The fourth-order valence-electron chi connectivity index (χ4n) is 3.38. The lowest BCUT2D eigenvalue weighted by Gasteiger charge is -2.12. The molecule has 0 fully saturated rings. The van der Waals surface area contributed by atoms with E-state index in [4.69, 9.17) is 19.6 Å². The second kappa shape index (κ2) is 9.36. The summed E-state index contributed by atoms with van der Waals surface area (Å²) in [5, 5.41) is 3.99. The molecule has 0 aliphatic carbocycles. The van der Waals surface area contributed by atoms with Gasteiger partial charge in [-0.15, -0.1) is 0 Å². The van der Waals surface area contributed by atoms with E-state index < -0.39 is 0 Å². The Bertz CT molecular complexity index is 1170. The quantitative estimate of drug-likeness (QED) is 0.437. The van der Waals surface area contributed by atoms with Crippen LogP contribution in [0.1, 0.15) is 5.56 Å². The van der Waals surface area contributed by atoms with Crippen molar-refractivity contribution in [1.82, 2.24) is 0 Å². The number of furan rings is 1. The Kier molecular flexibility index (Phi) is 6.19. The molecular formula is C25H24N2O4. The van der Waals surface area contributed by atoms with Gasteiger partial charge in [0.1, 0.15) is 18.0 Å². The van der Waals surface area contributed by atoms with E-state index in [1.165, 1.54) is 0 Å². The largest absolute Gasteiger partial charge is 0.493 e. The molecule has 0 spiro atoms. The molecule has 0 saturated heterocycles. The number of carbonyl (C=O) groups excluding carboxylic acids is 1. The van der Waals surface area contributed by atoms with E-state index in [1.807, 2.05) is 60.7 Å². The molecule has 3 aromatic carbocycles. The first-order valence-electron chi connectivity index (χ1n) is 10.0. The Labute approximate surface area is 180 Å². The van der Waals surface area contributed by atoms with Crippen molar-refractivity contribution in [3.05, 3.63) is 78.4 Å². The average molecular weight is 416 g/mol. The number of methoxy groups -OCH3 is 1. The van der Waals surface area contributed by atoms with Crippen molar-refractivity contribution in [3.63, 3.8) is 0 Å². The van der Waals surface area contributed by atoms with Crippen LogP contribution in [0, 0.1) is 0 Å². The zero-order chi connectivity index (χ0) is 21.6. The first kappa shape index (κ1) is 20.5. The minimum Gasteiger partial charge on any atom is -0.493 e. The molecule has 1 amide bonds. The highest BCUT2D eigenvalue weighted by atomic mass is 16.5. The summed E-state index contributed by atoms with van der Waals surface area (Å²) in [5.41, 5.74) is 8.74. The summed E-state index contributed by atoms with van der Waals surface area (Å²) in [6.07, 6.45) is 0.211. The lowest BCUT2D eigenvalue weighted by atomic mass is 10.1. The van der Waals surface area contributed by atoms with Crippen molar-refractivity contribution >= 4 is 22.6 Å². The van der Waals surface area contributed by atoms with Crippen molar-refractivity contribution in [2.45, 2.75) is 6.42 Å². The highest BCUT2D eigenvalue weighted by Crippen LogP contribution is 2.30.